The van der Waals surface area contributed by atoms with Crippen LogP contribution >= 0.6 is 0 Å². The van der Waals surface area contributed by atoms with Gasteiger partial charge in [-0.3, -0.25) is 28.5 Å². The molecule has 0 radical (unpaired) electrons. The van der Waals surface area contributed by atoms with Crippen molar-refractivity contribution in [2.24, 2.45) is 12.5 Å². The molecule has 48 heavy (non-hydrogen) atoms. The largest absolute Gasteiger partial charge is 0.497 e. The molecule has 2 unspecified atom stereocenters. The zero-order valence-corrected chi connectivity index (χ0v) is 28.8. The van der Waals surface area contributed by atoms with Crippen molar-refractivity contribution < 1.29 is 29.0 Å². The summed E-state index contributed by atoms with van der Waals surface area (Å²) in [5, 5.41) is 9.65. The highest BCUT2D eigenvalue weighted by Crippen LogP contribution is 2.49. The van der Waals surface area contributed by atoms with Gasteiger partial charge in [-0.05, 0) is 59.9 Å². The maximum absolute atomic E-state index is 13.9. The fourth-order valence-corrected chi connectivity index (χ4v) is 8.03. The normalized spacial score (nSPS) is 25.4. The van der Waals surface area contributed by atoms with Crippen LogP contribution in [0.25, 0.3) is 11.0 Å². The molecule has 3 amide bonds. The van der Waals surface area contributed by atoms with E-state index in [4.69, 9.17) is 9.47 Å². The van der Waals surface area contributed by atoms with Gasteiger partial charge in [0, 0.05) is 52.8 Å². The summed E-state index contributed by atoms with van der Waals surface area (Å²) in [4.78, 5) is 57.6. The van der Waals surface area contributed by atoms with Crippen molar-refractivity contribution in [2.75, 3.05) is 40.4 Å². The molecule has 2 saturated heterocycles. The number of hydrogen-bond donors (Lipinski definition) is 1. The quantitative estimate of drug-likeness (QED) is 0.356. The van der Waals surface area contributed by atoms with Crippen molar-refractivity contribution in [1.82, 2.24) is 23.8 Å². The third kappa shape index (κ3) is 6.00. The van der Waals surface area contributed by atoms with Gasteiger partial charge in [0.05, 0.1) is 30.3 Å². The number of para-hydroxylation sites is 1. The van der Waals surface area contributed by atoms with Gasteiger partial charge >= 0.3 is 11.8 Å². The lowest BCUT2D eigenvalue weighted by Gasteiger charge is -2.54. The predicted molar refractivity (Wildman–Crippen MR) is 180 cm³/mol. The molecule has 3 aliphatic rings. The summed E-state index contributed by atoms with van der Waals surface area (Å²) in [5.41, 5.74) is 2.52. The number of fused-ring (bicyclic) bond motifs is 1. The lowest BCUT2D eigenvalue weighted by Crippen LogP contribution is -2.63. The Hall–Kier alpha value is -4.16. The van der Waals surface area contributed by atoms with E-state index in [0.29, 0.717) is 37.4 Å². The highest BCUT2D eigenvalue weighted by molar-refractivity contribution is 6.00. The van der Waals surface area contributed by atoms with Crippen molar-refractivity contribution in [3.8, 4) is 5.75 Å². The Morgan fingerprint density at radius 1 is 1.02 bits per heavy atom. The Morgan fingerprint density at radius 2 is 1.73 bits per heavy atom. The van der Waals surface area contributed by atoms with Gasteiger partial charge in [-0.2, -0.15) is 0 Å². The molecule has 2 aliphatic heterocycles. The summed E-state index contributed by atoms with van der Waals surface area (Å²) in [6.45, 7) is 8.83. The zero-order chi connectivity index (χ0) is 34.5. The number of amides is 3. The van der Waals surface area contributed by atoms with E-state index in [2.05, 4.69) is 31.7 Å². The minimum absolute atomic E-state index is 0.0518. The number of carbonyl (C=O) groups excluding carboxylic acids is 2. The Kier molecular flexibility index (Phi) is 8.93. The molecular formula is C36H47N5O7. The van der Waals surface area contributed by atoms with E-state index in [-0.39, 0.29) is 54.3 Å². The standard InChI is InChI=1S/C36H47N5O7/c1-35(2,3)29-21-38(34(45)46)16-17-39(29)22-36(48-6)18-24(19-36)26-8-7-9-27-31(26)37(4)33(44)41(27)28-14-15-30(42)40(32(28)43)20-23-10-12-25(47-5)13-11-23/h7-13,24,28-29H,14-22H2,1-6H3,(H,45,46). The molecule has 12 heteroatoms. The summed E-state index contributed by atoms with van der Waals surface area (Å²) in [5.74, 6) is 0.205. The first-order valence-electron chi connectivity index (χ1n) is 16.7. The molecule has 1 aromatic heterocycles. The van der Waals surface area contributed by atoms with Crippen molar-refractivity contribution in [1.29, 1.82) is 0 Å². The number of carbonyl (C=O) groups is 3. The molecule has 6 rings (SSSR count). The number of imidazole rings is 1. The van der Waals surface area contributed by atoms with Gasteiger partial charge in [0.1, 0.15) is 11.8 Å². The van der Waals surface area contributed by atoms with E-state index in [1.54, 1.807) is 42.5 Å². The second kappa shape index (κ2) is 12.7. The second-order valence-electron chi connectivity index (χ2n) is 14.7. The van der Waals surface area contributed by atoms with Crippen molar-refractivity contribution in [3.63, 3.8) is 0 Å². The number of aryl methyl sites for hydroxylation is 1. The smallest absolute Gasteiger partial charge is 0.407 e. The van der Waals surface area contributed by atoms with Gasteiger partial charge in [0.25, 0.3) is 5.91 Å². The monoisotopic (exact) mass is 661 g/mol. The van der Waals surface area contributed by atoms with Crippen molar-refractivity contribution in [3.05, 3.63) is 64.1 Å². The summed E-state index contributed by atoms with van der Waals surface area (Å²) < 4.78 is 14.6. The van der Waals surface area contributed by atoms with Gasteiger partial charge in [0.2, 0.25) is 5.91 Å². The Bertz CT molecular complexity index is 1770. The average Bonchev–Trinajstić information content (AvgIpc) is 3.30. The van der Waals surface area contributed by atoms with E-state index in [0.717, 1.165) is 29.5 Å². The number of methoxy groups -OCH3 is 2. The van der Waals surface area contributed by atoms with E-state index < -0.39 is 17.7 Å². The Labute approximate surface area is 280 Å². The molecule has 2 aromatic carbocycles. The van der Waals surface area contributed by atoms with Crippen LogP contribution in [0.4, 0.5) is 4.79 Å². The van der Waals surface area contributed by atoms with Gasteiger partial charge in [-0.25, -0.2) is 9.59 Å². The SMILES string of the molecule is COc1ccc(CN2C(=O)CCC(n3c(=O)n(C)c4c(C5CC(CN6CCN(C(=O)O)CC6C(C)(C)C)(OC)C5)cccc43)C2=O)cc1. The van der Waals surface area contributed by atoms with Crippen LogP contribution in [0.1, 0.15) is 69.5 Å². The van der Waals surface area contributed by atoms with E-state index >= 15 is 0 Å². The van der Waals surface area contributed by atoms with Gasteiger partial charge in [-0.15, -0.1) is 0 Å². The number of benzene rings is 2. The Morgan fingerprint density at radius 3 is 2.35 bits per heavy atom. The van der Waals surface area contributed by atoms with Gasteiger partial charge in [0.15, 0.2) is 0 Å². The lowest BCUT2D eigenvalue weighted by atomic mass is 9.66. The van der Waals surface area contributed by atoms with Crippen molar-refractivity contribution in [2.45, 2.75) is 76.6 Å². The van der Waals surface area contributed by atoms with Crippen LogP contribution in [-0.2, 0) is 27.9 Å². The summed E-state index contributed by atoms with van der Waals surface area (Å²) in [7, 11) is 5.08. The predicted octanol–water partition coefficient (Wildman–Crippen LogP) is 4.21. The zero-order valence-electron chi connectivity index (χ0n) is 28.8. The van der Waals surface area contributed by atoms with Crippen molar-refractivity contribution >= 4 is 28.9 Å². The highest BCUT2D eigenvalue weighted by atomic mass is 16.5. The summed E-state index contributed by atoms with van der Waals surface area (Å²) >= 11 is 0. The van der Waals surface area contributed by atoms with Crippen LogP contribution in [0.2, 0.25) is 0 Å². The van der Waals surface area contributed by atoms with Gasteiger partial charge in [-0.1, -0.05) is 45.0 Å². The topological polar surface area (TPSA) is 127 Å². The molecular weight excluding hydrogens is 614 g/mol. The second-order valence-corrected chi connectivity index (χ2v) is 14.7. The molecule has 1 aliphatic carbocycles. The molecule has 0 bridgehead atoms. The Balaban J connectivity index is 1.24. The van der Waals surface area contributed by atoms with Crippen LogP contribution in [0, 0.1) is 5.41 Å². The van der Waals surface area contributed by atoms with Crippen LogP contribution in [0.3, 0.4) is 0 Å². The number of likely N-dealkylation sites (tertiary alicyclic amines) is 1. The number of aromatic nitrogens is 2. The van der Waals surface area contributed by atoms with Crippen LogP contribution in [-0.4, -0.2) is 98.9 Å². The molecule has 3 fully saturated rings. The van der Waals surface area contributed by atoms with Gasteiger partial charge < -0.3 is 19.5 Å². The van der Waals surface area contributed by atoms with E-state index in [1.165, 1.54) is 9.80 Å². The van der Waals surface area contributed by atoms with Crippen LogP contribution < -0.4 is 10.4 Å². The third-order valence-corrected chi connectivity index (χ3v) is 10.8. The van der Waals surface area contributed by atoms with E-state index in [9.17, 15) is 24.3 Å². The number of imide groups is 1. The number of rotatable bonds is 8. The molecule has 3 aromatic rings. The number of ether oxygens (including phenoxy) is 2. The first-order chi connectivity index (χ1) is 22.8. The highest BCUT2D eigenvalue weighted by Gasteiger charge is 2.50. The molecule has 3 heterocycles. The molecule has 0 spiro atoms. The fourth-order valence-electron chi connectivity index (χ4n) is 8.03. The summed E-state index contributed by atoms with van der Waals surface area (Å²) in [6.07, 6.45) is 1.06. The molecule has 12 nitrogen and oxygen atoms in total. The number of hydrogen-bond acceptors (Lipinski definition) is 7. The van der Waals surface area contributed by atoms with Crippen LogP contribution in [0.15, 0.2) is 47.3 Å². The molecule has 1 N–H and O–H groups in total. The lowest BCUT2D eigenvalue weighted by molar-refractivity contribution is -0.151. The third-order valence-electron chi connectivity index (χ3n) is 10.8. The number of nitrogens with zero attached hydrogens (tertiary/aromatic N) is 5. The fraction of sp³-hybridized carbons (Fsp3) is 0.556. The molecule has 1 saturated carbocycles. The maximum atomic E-state index is 13.9. The summed E-state index contributed by atoms with van der Waals surface area (Å²) in [6, 6.07) is 12.4. The average molecular weight is 662 g/mol. The number of piperidine rings is 1. The molecule has 258 valence electrons. The van der Waals surface area contributed by atoms with E-state index in [1.807, 2.05) is 24.3 Å². The molecule has 2 atom stereocenters. The first-order valence-corrected chi connectivity index (χ1v) is 16.7. The minimum atomic E-state index is -0.883. The van der Waals surface area contributed by atoms with Crippen LogP contribution in [0.5, 0.6) is 5.75 Å². The number of carboxylic acid groups (broad SMARTS) is 1. The maximum Gasteiger partial charge on any atom is 0.407 e. The first kappa shape index (κ1) is 33.7. The number of piperazine rings is 1. The minimum Gasteiger partial charge on any atom is -0.497 e.